The van der Waals surface area contributed by atoms with Gasteiger partial charge in [0.15, 0.2) is 0 Å². The number of nitrogen functional groups attached to an aromatic ring is 1. The van der Waals surface area contributed by atoms with Crippen molar-refractivity contribution in [3.05, 3.63) is 46.8 Å². The number of aryl methyl sites for hydroxylation is 3. The van der Waals surface area contributed by atoms with E-state index in [1.807, 2.05) is 19.1 Å². The van der Waals surface area contributed by atoms with Crippen LogP contribution in [0.2, 0.25) is 0 Å². The summed E-state index contributed by atoms with van der Waals surface area (Å²) in [4.78, 5) is 12.2. The van der Waals surface area contributed by atoms with Crippen molar-refractivity contribution in [1.29, 1.82) is 0 Å². The van der Waals surface area contributed by atoms with Crippen LogP contribution in [0.25, 0.3) is 0 Å². The molecule has 0 radical (unpaired) electrons. The van der Waals surface area contributed by atoms with Crippen LogP contribution in [0.1, 0.15) is 34.2 Å². The molecular formula is C16H22N4O. The molecule has 0 fully saturated rings. The molecule has 0 aliphatic rings. The average molecular weight is 286 g/mol. The first-order chi connectivity index (χ1) is 10.0. The second-order valence-corrected chi connectivity index (χ2v) is 5.12. The van der Waals surface area contributed by atoms with Crippen molar-refractivity contribution in [2.45, 2.75) is 26.7 Å². The lowest BCUT2D eigenvalue weighted by Crippen LogP contribution is -2.28. The van der Waals surface area contributed by atoms with Gasteiger partial charge in [-0.15, -0.1) is 0 Å². The van der Waals surface area contributed by atoms with Crippen molar-refractivity contribution in [1.82, 2.24) is 15.1 Å². The molecule has 0 unspecified atom stereocenters. The second-order valence-electron chi connectivity index (χ2n) is 5.12. The SMILES string of the molecule is CCc1nn(C)c(C(=O)NCCc2ccccc2C)c1N. The number of carbonyl (C=O) groups excluding carboxylic acids is 1. The topological polar surface area (TPSA) is 72.9 Å². The van der Waals surface area contributed by atoms with Crippen LogP contribution >= 0.6 is 0 Å². The van der Waals surface area contributed by atoms with Crippen molar-refractivity contribution in [3.8, 4) is 0 Å². The zero-order chi connectivity index (χ0) is 15.4. The van der Waals surface area contributed by atoms with Gasteiger partial charge in [0.2, 0.25) is 0 Å². The molecule has 2 rings (SSSR count). The summed E-state index contributed by atoms with van der Waals surface area (Å²) < 4.78 is 1.55. The molecule has 0 aliphatic heterocycles. The van der Waals surface area contributed by atoms with Crippen LogP contribution in [0, 0.1) is 6.92 Å². The van der Waals surface area contributed by atoms with E-state index in [1.54, 1.807) is 11.7 Å². The van der Waals surface area contributed by atoms with Crippen molar-refractivity contribution >= 4 is 11.6 Å². The first kappa shape index (κ1) is 15.1. The minimum atomic E-state index is -0.171. The Hall–Kier alpha value is -2.30. The van der Waals surface area contributed by atoms with E-state index in [-0.39, 0.29) is 5.91 Å². The van der Waals surface area contributed by atoms with Gasteiger partial charge in [0, 0.05) is 13.6 Å². The quantitative estimate of drug-likeness (QED) is 0.881. The third kappa shape index (κ3) is 3.24. The highest BCUT2D eigenvalue weighted by molar-refractivity contribution is 5.97. The normalized spacial score (nSPS) is 10.6. The van der Waals surface area contributed by atoms with Crippen LogP contribution in [0.4, 0.5) is 5.69 Å². The van der Waals surface area contributed by atoms with Gasteiger partial charge in [0.05, 0.1) is 11.4 Å². The highest BCUT2D eigenvalue weighted by Gasteiger charge is 2.18. The van der Waals surface area contributed by atoms with Crippen molar-refractivity contribution < 1.29 is 4.79 Å². The summed E-state index contributed by atoms with van der Waals surface area (Å²) in [6.45, 7) is 4.62. The smallest absolute Gasteiger partial charge is 0.271 e. The summed E-state index contributed by atoms with van der Waals surface area (Å²) in [7, 11) is 1.74. The molecule has 112 valence electrons. The van der Waals surface area contributed by atoms with Crippen LogP contribution in [-0.4, -0.2) is 22.2 Å². The van der Waals surface area contributed by atoms with Crippen LogP contribution in [0.15, 0.2) is 24.3 Å². The Morgan fingerprint density at radius 1 is 1.38 bits per heavy atom. The van der Waals surface area contributed by atoms with Gasteiger partial charge in [-0.2, -0.15) is 5.10 Å². The molecule has 0 aliphatic carbocycles. The summed E-state index contributed by atoms with van der Waals surface area (Å²) in [6, 6.07) is 8.18. The van der Waals surface area contributed by atoms with Gasteiger partial charge in [-0.3, -0.25) is 9.48 Å². The van der Waals surface area contributed by atoms with E-state index in [0.717, 1.165) is 18.5 Å². The molecule has 0 bridgehead atoms. The predicted octanol–water partition coefficient (Wildman–Crippen LogP) is 1.85. The van der Waals surface area contributed by atoms with Gasteiger partial charge in [0.1, 0.15) is 5.69 Å². The fraction of sp³-hybridized carbons (Fsp3) is 0.375. The maximum atomic E-state index is 12.2. The molecule has 0 saturated heterocycles. The molecular weight excluding hydrogens is 264 g/mol. The van der Waals surface area contributed by atoms with Gasteiger partial charge >= 0.3 is 0 Å². The predicted molar refractivity (Wildman–Crippen MR) is 84.2 cm³/mol. The number of nitrogens with two attached hydrogens (primary N) is 1. The van der Waals surface area contributed by atoms with Crippen LogP contribution in [-0.2, 0) is 19.9 Å². The Morgan fingerprint density at radius 2 is 2.10 bits per heavy atom. The van der Waals surface area contributed by atoms with Crippen LogP contribution < -0.4 is 11.1 Å². The monoisotopic (exact) mass is 286 g/mol. The second kappa shape index (κ2) is 6.43. The van der Waals surface area contributed by atoms with Gasteiger partial charge in [-0.1, -0.05) is 31.2 Å². The lowest BCUT2D eigenvalue weighted by Gasteiger charge is -2.08. The number of anilines is 1. The van der Waals surface area contributed by atoms with E-state index in [1.165, 1.54) is 11.1 Å². The van der Waals surface area contributed by atoms with Gasteiger partial charge in [-0.25, -0.2) is 0 Å². The fourth-order valence-corrected chi connectivity index (χ4v) is 2.41. The van der Waals surface area contributed by atoms with E-state index < -0.39 is 0 Å². The Bertz CT molecular complexity index is 646. The Kier molecular flexibility index (Phi) is 4.62. The number of nitrogens with one attached hydrogen (secondary N) is 1. The molecule has 3 N–H and O–H groups in total. The van der Waals surface area contributed by atoms with Crippen molar-refractivity contribution in [2.75, 3.05) is 12.3 Å². The van der Waals surface area contributed by atoms with E-state index >= 15 is 0 Å². The average Bonchev–Trinajstić information content (AvgIpc) is 2.75. The summed E-state index contributed by atoms with van der Waals surface area (Å²) in [6.07, 6.45) is 1.52. The highest BCUT2D eigenvalue weighted by Crippen LogP contribution is 2.16. The minimum absolute atomic E-state index is 0.171. The third-order valence-electron chi connectivity index (χ3n) is 3.65. The standard InChI is InChI=1S/C16H22N4O/c1-4-13-14(17)15(20(3)19-13)16(21)18-10-9-12-8-6-5-7-11(12)2/h5-8H,4,9-10,17H2,1-3H3,(H,18,21). The Morgan fingerprint density at radius 3 is 2.71 bits per heavy atom. The van der Waals surface area contributed by atoms with Crippen molar-refractivity contribution in [2.24, 2.45) is 7.05 Å². The van der Waals surface area contributed by atoms with E-state index in [0.29, 0.717) is 17.9 Å². The summed E-state index contributed by atoms with van der Waals surface area (Å²) in [5, 5.41) is 7.17. The van der Waals surface area contributed by atoms with Gasteiger partial charge in [0.25, 0.3) is 5.91 Å². The number of nitrogens with zero attached hydrogens (tertiary/aromatic N) is 2. The number of amides is 1. The first-order valence-corrected chi connectivity index (χ1v) is 7.18. The lowest BCUT2D eigenvalue weighted by atomic mass is 10.1. The van der Waals surface area contributed by atoms with Crippen molar-refractivity contribution in [3.63, 3.8) is 0 Å². The van der Waals surface area contributed by atoms with Gasteiger partial charge in [-0.05, 0) is 30.9 Å². The van der Waals surface area contributed by atoms with E-state index in [9.17, 15) is 4.79 Å². The molecule has 1 heterocycles. The fourth-order valence-electron chi connectivity index (χ4n) is 2.41. The molecule has 1 amide bonds. The molecule has 5 nitrogen and oxygen atoms in total. The molecule has 21 heavy (non-hydrogen) atoms. The maximum absolute atomic E-state index is 12.2. The summed E-state index contributed by atoms with van der Waals surface area (Å²) >= 11 is 0. The zero-order valence-electron chi connectivity index (χ0n) is 12.8. The lowest BCUT2D eigenvalue weighted by molar-refractivity contribution is 0.0945. The van der Waals surface area contributed by atoms with Gasteiger partial charge < -0.3 is 11.1 Å². The maximum Gasteiger partial charge on any atom is 0.271 e. The Labute approximate surface area is 125 Å². The molecule has 0 saturated carbocycles. The third-order valence-corrected chi connectivity index (χ3v) is 3.65. The Balaban J connectivity index is 2.00. The zero-order valence-corrected chi connectivity index (χ0v) is 12.8. The number of hydrogen-bond acceptors (Lipinski definition) is 3. The van der Waals surface area contributed by atoms with Crippen LogP contribution in [0.5, 0.6) is 0 Å². The molecule has 1 aromatic heterocycles. The number of aromatic nitrogens is 2. The largest absolute Gasteiger partial charge is 0.395 e. The number of rotatable bonds is 5. The summed E-state index contributed by atoms with van der Waals surface area (Å²) in [5.74, 6) is -0.171. The highest BCUT2D eigenvalue weighted by atomic mass is 16.2. The van der Waals surface area contributed by atoms with E-state index in [2.05, 4.69) is 29.5 Å². The molecule has 0 spiro atoms. The van der Waals surface area contributed by atoms with E-state index in [4.69, 9.17) is 5.73 Å². The molecule has 5 heteroatoms. The van der Waals surface area contributed by atoms with Crippen LogP contribution in [0.3, 0.4) is 0 Å². The molecule has 1 aromatic carbocycles. The molecule has 2 aromatic rings. The first-order valence-electron chi connectivity index (χ1n) is 7.18. The number of hydrogen-bond donors (Lipinski definition) is 2. The molecule has 0 atom stereocenters. The number of carbonyl (C=O) groups is 1. The minimum Gasteiger partial charge on any atom is -0.395 e. The number of benzene rings is 1. The summed E-state index contributed by atoms with van der Waals surface area (Å²) in [5.41, 5.74) is 10.1.